The van der Waals surface area contributed by atoms with E-state index in [2.05, 4.69) is 21.9 Å². The Balaban J connectivity index is 2.63. The molecule has 1 rings (SSSR count). The number of hydroxylamine groups is 2. The van der Waals surface area contributed by atoms with Crippen LogP contribution in [-0.4, -0.2) is 22.3 Å². The van der Waals surface area contributed by atoms with E-state index in [-0.39, 0.29) is 5.11 Å². The van der Waals surface area contributed by atoms with E-state index < -0.39 is 18.4 Å². The Labute approximate surface area is 66.7 Å². The van der Waals surface area contributed by atoms with E-state index in [0.29, 0.717) is 5.23 Å². The summed E-state index contributed by atoms with van der Waals surface area (Å²) in [6.45, 7) is 0. The molecule has 0 unspecified atom stereocenters. The van der Waals surface area contributed by atoms with Crippen LogP contribution in [-0.2, 0) is 19.3 Å². The summed E-state index contributed by atoms with van der Waals surface area (Å²) in [7, 11) is 0. The van der Waals surface area contributed by atoms with Crippen LogP contribution < -0.4 is 5.73 Å². The lowest BCUT2D eigenvalue weighted by Crippen LogP contribution is -2.43. The highest BCUT2D eigenvalue weighted by Crippen LogP contribution is 2.05. The number of thiocarbonyl (C=S) groups is 1. The molecule has 1 saturated heterocycles. The van der Waals surface area contributed by atoms with Crippen LogP contribution in [0.4, 0.5) is 0 Å². The second kappa shape index (κ2) is 2.70. The predicted octanol–water partition coefficient (Wildman–Crippen LogP) is -1.15. The fourth-order valence-electron chi connectivity index (χ4n) is 0.476. The van der Waals surface area contributed by atoms with E-state index in [9.17, 15) is 9.59 Å². The molecule has 0 aromatic rings. The van der Waals surface area contributed by atoms with Crippen LogP contribution in [0.15, 0.2) is 0 Å². The van der Waals surface area contributed by atoms with Gasteiger partial charge < -0.3 is 15.4 Å². The zero-order chi connectivity index (χ0) is 8.43. The molecule has 0 saturated carbocycles. The first-order valence-corrected chi connectivity index (χ1v) is 3.01. The highest BCUT2D eigenvalue weighted by atomic mass is 32.1. The van der Waals surface area contributed by atoms with Crippen LogP contribution in [0.5, 0.6) is 0 Å². The fraction of sp³-hybridized carbons (Fsp3) is 0.250. The van der Waals surface area contributed by atoms with E-state index in [1.807, 2.05) is 0 Å². The Morgan fingerprint density at radius 3 is 2.27 bits per heavy atom. The lowest BCUT2D eigenvalue weighted by Gasteiger charge is -2.21. The lowest BCUT2D eigenvalue weighted by atomic mass is 10.4. The summed E-state index contributed by atoms with van der Waals surface area (Å²) in [5.41, 5.74) is 4.99. The molecular formula is C4H4N2O4S. The number of carbonyl (C=O) groups is 2. The maximum Gasteiger partial charge on any atom is 0.347 e. The van der Waals surface area contributed by atoms with Crippen LogP contribution in [0.3, 0.4) is 0 Å². The number of nitrogens with zero attached hydrogens (tertiary/aromatic N) is 1. The van der Waals surface area contributed by atoms with Gasteiger partial charge in [0.15, 0.2) is 0 Å². The molecule has 6 nitrogen and oxygen atoms in total. The Bertz CT molecular complexity index is 212. The molecule has 0 aliphatic carbocycles. The second-order valence-corrected chi connectivity index (χ2v) is 2.12. The van der Waals surface area contributed by atoms with Gasteiger partial charge >= 0.3 is 11.9 Å². The molecule has 60 valence electrons. The Kier molecular flexibility index (Phi) is 1.90. The van der Waals surface area contributed by atoms with E-state index in [1.165, 1.54) is 0 Å². The van der Waals surface area contributed by atoms with Crippen LogP contribution in [0.25, 0.3) is 0 Å². The van der Waals surface area contributed by atoms with Crippen molar-refractivity contribution in [2.45, 2.75) is 6.42 Å². The lowest BCUT2D eigenvalue weighted by molar-refractivity contribution is -0.295. The molecule has 0 bridgehead atoms. The normalized spacial score (nSPS) is 17.3. The molecule has 1 heterocycles. The Morgan fingerprint density at radius 1 is 1.45 bits per heavy atom. The van der Waals surface area contributed by atoms with Crippen LogP contribution in [0, 0.1) is 0 Å². The quantitative estimate of drug-likeness (QED) is 0.368. The Morgan fingerprint density at radius 2 is 1.91 bits per heavy atom. The first-order valence-electron chi connectivity index (χ1n) is 2.61. The van der Waals surface area contributed by atoms with Gasteiger partial charge in [0.05, 0.1) is 0 Å². The molecule has 0 spiro atoms. The van der Waals surface area contributed by atoms with Gasteiger partial charge in [-0.2, -0.15) is 0 Å². The first kappa shape index (κ1) is 7.73. The van der Waals surface area contributed by atoms with Crippen LogP contribution in [0.1, 0.15) is 6.42 Å². The largest absolute Gasteiger partial charge is 0.371 e. The van der Waals surface area contributed by atoms with Crippen molar-refractivity contribution in [1.29, 1.82) is 0 Å². The van der Waals surface area contributed by atoms with Crippen molar-refractivity contribution in [1.82, 2.24) is 5.23 Å². The Hall–Kier alpha value is -1.37. The average molecular weight is 176 g/mol. The zero-order valence-electron chi connectivity index (χ0n) is 5.27. The van der Waals surface area contributed by atoms with Crippen molar-refractivity contribution >= 4 is 29.3 Å². The van der Waals surface area contributed by atoms with Crippen molar-refractivity contribution in [2.24, 2.45) is 5.73 Å². The smallest absolute Gasteiger partial charge is 0.347 e. The molecule has 1 fully saturated rings. The van der Waals surface area contributed by atoms with E-state index in [0.717, 1.165) is 0 Å². The van der Waals surface area contributed by atoms with Crippen LogP contribution in [0.2, 0.25) is 0 Å². The van der Waals surface area contributed by atoms with Crippen molar-refractivity contribution in [3.8, 4) is 0 Å². The summed E-state index contributed by atoms with van der Waals surface area (Å²) in [6.07, 6.45) is -0.418. The van der Waals surface area contributed by atoms with E-state index in [1.54, 1.807) is 0 Å². The molecule has 0 aromatic carbocycles. The van der Waals surface area contributed by atoms with Gasteiger partial charge in [-0.15, -0.1) is 0 Å². The standard InChI is InChI=1S/C4H4N2O4S/c5-4(11)6-9-2(7)1-3(8)10-6/h1H2,(H2,5,11). The summed E-state index contributed by atoms with van der Waals surface area (Å²) in [5, 5.41) is 0.0788. The minimum atomic E-state index is -0.742. The topological polar surface area (TPSA) is 81.9 Å². The monoisotopic (exact) mass is 176 g/mol. The average Bonchev–Trinajstić information content (AvgIpc) is 1.85. The molecule has 0 aromatic heterocycles. The molecule has 0 radical (unpaired) electrons. The van der Waals surface area contributed by atoms with E-state index >= 15 is 0 Å². The maximum absolute atomic E-state index is 10.5. The number of carbonyl (C=O) groups excluding carboxylic acids is 2. The summed E-state index contributed by atoms with van der Waals surface area (Å²) >= 11 is 4.37. The van der Waals surface area contributed by atoms with Crippen molar-refractivity contribution < 1.29 is 19.3 Å². The zero-order valence-corrected chi connectivity index (χ0v) is 6.09. The van der Waals surface area contributed by atoms with Gasteiger partial charge in [-0.3, -0.25) is 0 Å². The van der Waals surface area contributed by atoms with Gasteiger partial charge in [0, 0.05) is 5.23 Å². The van der Waals surface area contributed by atoms with Crippen molar-refractivity contribution in [3.63, 3.8) is 0 Å². The molecule has 1 aliphatic rings. The van der Waals surface area contributed by atoms with Gasteiger partial charge in [-0.25, -0.2) is 9.59 Å². The van der Waals surface area contributed by atoms with Gasteiger partial charge in [-0.05, 0) is 12.2 Å². The van der Waals surface area contributed by atoms with Gasteiger partial charge in [-0.1, -0.05) is 0 Å². The third kappa shape index (κ3) is 1.77. The van der Waals surface area contributed by atoms with Crippen molar-refractivity contribution in [3.05, 3.63) is 0 Å². The minimum Gasteiger partial charge on any atom is -0.371 e. The molecule has 0 amide bonds. The molecule has 7 heteroatoms. The van der Waals surface area contributed by atoms with E-state index in [4.69, 9.17) is 5.73 Å². The third-order valence-electron chi connectivity index (χ3n) is 0.838. The summed E-state index contributed by atoms with van der Waals surface area (Å²) in [6, 6.07) is 0. The van der Waals surface area contributed by atoms with Crippen LogP contribution >= 0.6 is 12.2 Å². The van der Waals surface area contributed by atoms with Gasteiger partial charge in [0.1, 0.15) is 6.42 Å². The SMILES string of the molecule is NC(=S)N1OC(=O)CC(=O)O1. The highest BCUT2D eigenvalue weighted by molar-refractivity contribution is 7.80. The molecular weight excluding hydrogens is 172 g/mol. The minimum absolute atomic E-state index is 0.327. The van der Waals surface area contributed by atoms with Gasteiger partial charge in [0.2, 0.25) is 5.11 Å². The van der Waals surface area contributed by atoms with Gasteiger partial charge in [0.25, 0.3) is 0 Å². The highest BCUT2D eigenvalue weighted by Gasteiger charge is 2.27. The molecule has 11 heavy (non-hydrogen) atoms. The number of rotatable bonds is 0. The molecule has 1 aliphatic heterocycles. The second-order valence-electron chi connectivity index (χ2n) is 1.70. The number of nitrogens with two attached hydrogens (primary N) is 1. The summed E-state index contributed by atoms with van der Waals surface area (Å²) in [4.78, 5) is 29.6. The number of hydrogen-bond acceptors (Lipinski definition) is 5. The summed E-state index contributed by atoms with van der Waals surface area (Å²) < 4.78 is 0. The summed E-state index contributed by atoms with van der Waals surface area (Å²) in [5.74, 6) is -1.48. The fourth-order valence-corrected chi connectivity index (χ4v) is 0.550. The molecule has 2 N–H and O–H groups in total. The van der Waals surface area contributed by atoms with Crippen molar-refractivity contribution in [2.75, 3.05) is 0 Å². The first-order chi connectivity index (χ1) is 5.09. The predicted molar refractivity (Wildman–Crippen MR) is 35.4 cm³/mol. The number of hydrogen-bond donors (Lipinski definition) is 1. The third-order valence-corrected chi connectivity index (χ3v) is 0.987. The maximum atomic E-state index is 10.5. The molecule has 0 atom stereocenters.